The first-order valence-electron chi connectivity index (χ1n) is 8.64. The highest BCUT2D eigenvalue weighted by Crippen LogP contribution is 2.27. The maximum absolute atomic E-state index is 11.8. The van der Waals surface area contributed by atoms with Gasteiger partial charge < -0.3 is 14.2 Å². The minimum absolute atomic E-state index is 0.131. The van der Waals surface area contributed by atoms with E-state index in [1.807, 2.05) is 30.3 Å². The van der Waals surface area contributed by atoms with Crippen molar-refractivity contribution in [3.63, 3.8) is 0 Å². The number of nitrogens with zero attached hydrogens (tertiary/aromatic N) is 1. The van der Waals surface area contributed by atoms with Crippen molar-refractivity contribution < 1.29 is 19.0 Å². The number of para-hydroxylation sites is 1. The fraction of sp³-hybridized carbons (Fsp3) is 0.300. The van der Waals surface area contributed by atoms with Crippen LogP contribution in [0.3, 0.4) is 0 Å². The molecule has 0 aliphatic heterocycles. The highest BCUT2D eigenvalue weighted by molar-refractivity contribution is 9.10. The van der Waals surface area contributed by atoms with E-state index in [0.717, 1.165) is 22.9 Å². The SMILES string of the molecule is CCCCOc1ccc(/C=N/NC(=O)COc2ccccc2Br)cc1OC. The molecular formula is C20H23BrN2O4. The summed E-state index contributed by atoms with van der Waals surface area (Å²) in [5.74, 6) is 1.56. The number of hydrazone groups is 1. The summed E-state index contributed by atoms with van der Waals surface area (Å²) in [5.41, 5.74) is 3.21. The Hall–Kier alpha value is -2.54. The third-order valence-corrected chi connectivity index (χ3v) is 4.20. The van der Waals surface area contributed by atoms with E-state index in [2.05, 4.69) is 33.4 Å². The van der Waals surface area contributed by atoms with Gasteiger partial charge in [-0.3, -0.25) is 4.79 Å². The summed E-state index contributed by atoms with van der Waals surface area (Å²) in [6, 6.07) is 12.8. The Balaban J connectivity index is 1.85. The smallest absolute Gasteiger partial charge is 0.277 e. The molecule has 0 spiro atoms. The third kappa shape index (κ3) is 6.94. The van der Waals surface area contributed by atoms with Gasteiger partial charge in [0.2, 0.25) is 0 Å². The molecule has 27 heavy (non-hydrogen) atoms. The van der Waals surface area contributed by atoms with Gasteiger partial charge in [0.15, 0.2) is 18.1 Å². The number of methoxy groups -OCH3 is 1. The molecule has 0 bridgehead atoms. The summed E-state index contributed by atoms with van der Waals surface area (Å²) < 4.78 is 17.3. The van der Waals surface area contributed by atoms with Crippen molar-refractivity contribution in [2.45, 2.75) is 19.8 Å². The number of halogens is 1. The molecule has 2 rings (SSSR count). The highest BCUT2D eigenvalue weighted by atomic mass is 79.9. The fourth-order valence-electron chi connectivity index (χ4n) is 2.13. The number of ether oxygens (including phenoxy) is 3. The molecule has 0 aliphatic carbocycles. The monoisotopic (exact) mass is 434 g/mol. The molecule has 0 aliphatic rings. The van der Waals surface area contributed by atoms with Crippen LogP contribution in [0.15, 0.2) is 52.0 Å². The molecule has 2 aromatic carbocycles. The van der Waals surface area contributed by atoms with Gasteiger partial charge in [0.1, 0.15) is 5.75 Å². The minimum atomic E-state index is -0.353. The number of benzene rings is 2. The van der Waals surface area contributed by atoms with E-state index in [4.69, 9.17) is 14.2 Å². The van der Waals surface area contributed by atoms with Crippen molar-refractivity contribution >= 4 is 28.1 Å². The summed E-state index contributed by atoms with van der Waals surface area (Å²) >= 11 is 3.36. The molecular weight excluding hydrogens is 412 g/mol. The molecule has 0 saturated heterocycles. The Morgan fingerprint density at radius 3 is 2.70 bits per heavy atom. The quantitative estimate of drug-likeness (QED) is 0.346. The van der Waals surface area contributed by atoms with Gasteiger partial charge in [0, 0.05) is 0 Å². The summed E-state index contributed by atoms with van der Waals surface area (Å²) in [7, 11) is 1.59. The van der Waals surface area contributed by atoms with Gasteiger partial charge in [0.05, 0.1) is 24.4 Å². The number of carbonyl (C=O) groups is 1. The van der Waals surface area contributed by atoms with E-state index in [9.17, 15) is 4.79 Å². The first-order valence-corrected chi connectivity index (χ1v) is 9.43. The van der Waals surface area contributed by atoms with Crippen LogP contribution in [0.25, 0.3) is 0 Å². The summed E-state index contributed by atoms with van der Waals surface area (Å²) in [6.07, 6.45) is 3.59. The zero-order valence-corrected chi connectivity index (χ0v) is 17.0. The van der Waals surface area contributed by atoms with Crippen molar-refractivity contribution in [1.82, 2.24) is 5.43 Å². The zero-order chi connectivity index (χ0) is 19.5. The maximum atomic E-state index is 11.8. The number of unbranched alkanes of at least 4 members (excludes halogenated alkanes) is 1. The summed E-state index contributed by atoms with van der Waals surface area (Å²) in [4.78, 5) is 11.8. The number of carbonyl (C=O) groups excluding carboxylic acids is 1. The van der Waals surface area contributed by atoms with Crippen LogP contribution in [0.5, 0.6) is 17.2 Å². The Labute approximate surface area is 167 Å². The lowest BCUT2D eigenvalue weighted by molar-refractivity contribution is -0.123. The first-order chi connectivity index (χ1) is 13.1. The predicted molar refractivity (Wildman–Crippen MR) is 109 cm³/mol. The topological polar surface area (TPSA) is 69.2 Å². The van der Waals surface area contributed by atoms with Crippen molar-refractivity contribution in [2.75, 3.05) is 20.3 Å². The van der Waals surface area contributed by atoms with E-state index in [0.29, 0.717) is 23.9 Å². The minimum Gasteiger partial charge on any atom is -0.493 e. The molecule has 1 N–H and O–H groups in total. The van der Waals surface area contributed by atoms with Gasteiger partial charge in [-0.05, 0) is 58.2 Å². The van der Waals surface area contributed by atoms with Crippen LogP contribution < -0.4 is 19.6 Å². The Morgan fingerprint density at radius 1 is 1.15 bits per heavy atom. The standard InChI is InChI=1S/C20H23BrN2O4/c1-3-4-11-26-18-10-9-15(12-19(18)25-2)13-22-23-20(24)14-27-17-8-6-5-7-16(17)21/h5-10,12-13H,3-4,11,14H2,1-2H3,(H,23,24)/b22-13+. The first kappa shape index (κ1) is 20.8. The Kier molecular flexibility index (Phi) is 8.64. The maximum Gasteiger partial charge on any atom is 0.277 e. The largest absolute Gasteiger partial charge is 0.493 e. The Bertz CT molecular complexity index is 780. The molecule has 0 atom stereocenters. The fourth-order valence-corrected chi connectivity index (χ4v) is 2.53. The van der Waals surface area contributed by atoms with Crippen LogP contribution in [0.2, 0.25) is 0 Å². The lowest BCUT2D eigenvalue weighted by atomic mass is 10.2. The Morgan fingerprint density at radius 2 is 1.96 bits per heavy atom. The van der Waals surface area contributed by atoms with E-state index < -0.39 is 0 Å². The normalized spacial score (nSPS) is 10.6. The number of amides is 1. The molecule has 2 aromatic rings. The van der Waals surface area contributed by atoms with Crippen molar-refractivity contribution in [3.05, 3.63) is 52.5 Å². The zero-order valence-electron chi connectivity index (χ0n) is 15.4. The molecule has 7 heteroatoms. The second-order valence-electron chi connectivity index (χ2n) is 5.62. The second kappa shape index (κ2) is 11.2. The number of hydrogen-bond acceptors (Lipinski definition) is 5. The van der Waals surface area contributed by atoms with Crippen LogP contribution in [0.1, 0.15) is 25.3 Å². The molecule has 0 heterocycles. The van der Waals surface area contributed by atoms with Crippen LogP contribution in [0.4, 0.5) is 0 Å². The van der Waals surface area contributed by atoms with E-state index in [-0.39, 0.29) is 12.5 Å². The lowest BCUT2D eigenvalue weighted by Gasteiger charge is -2.10. The lowest BCUT2D eigenvalue weighted by Crippen LogP contribution is -2.24. The van der Waals surface area contributed by atoms with Gasteiger partial charge in [-0.2, -0.15) is 5.10 Å². The van der Waals surface area contributed by atoms with Crippen molar-refractivity contribution in [2.24, 2.45) is 5.10 Å². The van der Waals surface area contributed by atoms with Gasteiger partial charge in [-0.15, -0.1) is 0 Å². The van der Waals surface area contributed by atoms with Crippen LogP contribution in [0, 0.1) is 0 Å². The third-order valence-electron chi connectivity index (χ3n) is 3.54. The molecule has 0 unspecified atom stereocenters. The predicted octanol–water partition coefficient (Wildman–Crippen LogP) is 4.17. The van der Waals surface area contributed by atoms with Crippen molar-refractivity contribution in [3.8, 4) is 17.2 Å². The van der Waals surface area contributed by atoms with Crippen molar-refractivity contribution in [1.29, 1.82) is 0 Å². The molecule has 6 nitrogen and oxygen atoms in total. The van der Waals surface area contributed by atoms with Gasteiger partial charge >= 0.3 is 0 Å². The van der Waals surface area contributed by atoms with E-state index in [1.54, 1.807) is 19.2 Å². The molecule has 0 aromatic heterocycles. The molecule has 1 amide bonds. The van der Waals surface area contributed by atoms with E-state index in [1.165, 1.54) is 6.21 Å². The van der Waals surface area contributed by atoms with Crippen LogP contribution in [-0.2, 0) is 4.79 Å². The number of rotatable bonds is 10. The molecule has 0 radical (unpaired) electrons. The average Bonchev–Trinajstić information content (AvgIpc) is 2.68. The molecule has 0 saturated carbocycles. The van der Waals surface area contributed by atoms with Crippen LogP contribution >= 0.6 is 15.9 Å². The second-order valence-corrected chi connectivity index (χ2v) is 6.48. The highest BCUT2D eigenvalue weighted by Gasteiger charge is 2.06. The molecule has 0 fully saturated rings. The average molecular weight is 435 g/mol. The summed E-state index contributed by atoms with van der Waals surface area (Å²) in [5, 5.41) is 3.94. The number of nitrogens with one attached hydrogen (secondary N) is 1. The molecule has 144 valence electrons. The van der Waals surface area contributed by atoms with Gasteiger partial charge in [-0.1, -0.05) is 25.5 Å². The summed E-state index contributed by atoms with van der Waals surface area (Å²) in [6.45, 7) is 2.62. The van der Waals surface area contributed by atoms with Gasteiger partial charge in [0.25, 0.3) is 5.91 Å². The van der Waals surface area contributed by atoms with Crippen LogP contribution in [-0.4, -0.2) is 32.4 Å². The number of hydrogen-bond donors (Lipinski definition) is 1. The van der Waals surface area contributed by atoms with Gasteiger partial charge in [-0.25, -0.2) is 5.43 Å². The van der Waals surface area contributed by atoms with E-state index >= 15 is 0 Å².